The maximum atomic E-state index is 12.7. The zero-order valence-electron chi connectivity index (χ0n) is 14.1. The third kappa shape index (κ3) is 3.68. The number of piperidine rings is 1. The molecule has 128 valence electrons. The highest BCUT2D eigenvalue weighted by Gasteiger charge is 2.34. The first-order valence-electron chi connectivity index (χ1n) is 8.54. The van der Waals surface area contributed by atoms with Gasteiger partial charge in [-0.1, -0.05) is 37.3 Å². The van der Waals surface area contributed by atoms with E-state index >= 15 is 0 Å². The van der Waals surface area contributed by atoms with Crippen LogP contribution in [0.5, 0.6) is 0 Å². The summed E-state index contributed by atoms with van der Waals surface area (Å²) < 4.78 is 0. The summed E-state index contributed by atoms with van der Waals surface area (Å²) in [6.07, 6.45) is 5.19. The van der Waals surface area contributed by atoms with E-state index in [0.29, 0.717) is 4.88 Å². The van der Waals surface area contributed by atoms with E-state index < -0.39 is 0 Å². The Hall–Kier alpha value is -1.72. The molecule has 2 aromatic rings. The number of hydrogen-bond donors (Lipinski definition) is 1. The van der Waals surface area contributed by atoms with Gasteiger partial charge in [-0.2, -0.15) is 0 Å². The molecule has 1 saturated heterocycles. The van der Waals surface area contributed by atoms with Crippen LogP contribution in [-0.4, -0.2) is 40.6 Å². The predicted octanol–water partition coefficient (Wildman–Crippen LogP) is 3.36. The van der Waals surface area contributed by atoms with E-state index in [1.807, 2.05) is 23.1 Å². The smallest absolute Gasteiger partial charge is 0.265 e. The molecule has 3 rings (SSSR count). The molecular weight excluding hydrogens is 320 g/mol. The summed E-state index contributed by atoms with van der Waals surface area (Å²) in [5.41, 5.74) is 1.21. The Morgan fingerprint density at radius 1 is 1.29 bits per heavy atom. The minimum Gasteiger partial charge on any atom is -0.396 e. The van der Waals surface area contributed by atoms with Crippen molar-refractivity contribution in [1.29, 1.82) is 0 Å². The van der Waals surface area contributed by atoms with Crippen LogP contribution in [0.2, 0.25) is 0 Å². The van der Waals surface area contributed by atoms with Crippen LogP contribution in [0.25, 0.3) is 0 Å². The predicted molar refractivity (Wildman–Crippen MR) is 96.3 cm³/mol. The maximum absolute atomic E-state index is 12.7. The van der Waals surface area contributed by atoms with Gasteiger partial charge in [-0.3, -0.25) is 4.79 Å². The minimum absolute atomic E-state index is 0.00293. The molecule has 0 unspecified atom stereocenters. The van der Waals surface area contributed by atoms with Crippen LogP contribution in [0.4, 0.5) is 0 Å². The molecule has 5 heteroatoms. The van der Waals surface area contributed by atoms with Gasteiger partial charge in [0.2, 0.25) is 0 Å². The molecule has 1 fully saturated rings. The second-order valence-corrected chi connectivity index (χ2v) is 7.70. The fraction of sp³-hybridized carbons (Fsp3) is 0.474. The monoisotopic (exact) mass is 344 g/mol. The molecule has 0 radical (unpaired) electrons. The molecule has 1 aliphatic rings. The molecule has 2 heterocycles. The normalized spacial score (nSPS) is 17.0. The van der Waals surface area contributed by atoms with E-state index in [-0.39, 0.29) is 17.9 Å². The number of rotatable bonds is 5. The first-order valence-corrected chi connectivity index (χ1v) is 9.36. The number of amides is 1. The molecule has 0 atom stereocenters. The molecule has 1 N–H and O–H groups in total. The highest BCUT2D eigenvalue weighted by atomic mass is 32.1. The lowest BCUT2D eigenvalue weighted by molar-refractivity contribution is 0.0341. The molecule has 1 aromatic heterocycles. The van der Waals surface area contributed by atoms with Gasteiger partial charge in [0, 0.05) is 26.1 Å². The molecular formula is C19H24N2O2S. The lowest BCUT2D eigenvalue weighted by Gasteiger charge is -2.40. The van der Waals surface area contributed by atoms with Crippen LogP contribution in [0.15, 0.2) is 36.5 Å². The average Bonchev–Trinajstić information content (AvgIpc) is 3.10. The van der Waals surface area contributed by atoms with E-state index in [4.69, 9.17) is 0 Å². The number of likely N-dealkylation sites (tertiary alicyclic amines) is 1. The quantitative estimate of drug-likeness (QED) is 0.905. The van der Waals surface area contributed by atoms with Crippen molar-refractivity contribution in [3.63, 3.8) is 0 Å². The first kappa shape index (κ1) is 17.1. The molecule has 4 nitrogen and oxygen atoms in total. The fourth-order valence-corrected chi connectivity index (χ4v) is 4.14. The molecule has 1 amide bonds. The van der Waals surface area contributed by atoms with Crippen molar-refractivity contribution in [2.45, 2.75) is 32.6 Å². The molecule has 0 spiro atoms. The Morgan fingerprint density at radius 3 is 2.62 bits per heavy atom. The lowest BCUT2D eigenvalue weighted by atomic mass is 9.77. The van der Waals surface area contributed by atoms with E-state index in [1.165, 1.54) is 16.9 Å². The second kappa shape index (κ2) is 7.45. The van der Waals surface area contributed by atoms with Crippen molar-refractivity contribution in [3.05, 3.63) is 52.0 Å². The number of carbonyl (C=O) groups is 1. The summed E-state index contributed by atoms with van der Waals surface area (Å²) >= 11 is 1.49. The van der Waals surface area contributed by atoms with Gasteiger partial charge in [-0.15, -0.1) is 11.3 Å². The average molecular weight is 344 g/mol. The number of benzene rings is 1. The zero-order valence-corrected chi connectivity index (χ0v) is 14.9. The third-order valence-electron chi connectivity index (χ3n) is 5.16. The first-order chi connectivity index (χ1) is 11.7. The van der Waals surface area contributed by atoms with Crippen LogP contribution in [0.3, 0.4) is 0 Å². The van der Waals surface area contributed by atoms with Crippen molar-refractivity contribution in [1.82, 2.24) is 9.88 Å². The van der Waals surface area contributed by atoms with Crippen LogP contribution >= 0.6 is 11.3 Å². The number of aromatic nitrogens is 1. The Bertz CT molecular complexity index is 670. The van der Waals surface area contributed by atoms with Crippen LogP contribution < -0.4 is 0 Å². The summed E-state index contributed by atoms with van der Waals surface area (Å²) in [6, 6.07) is 10.2. The van der Waals surface area contributed by atoms with Gasteiger partial charge in [0.25, 0.3) is 5.91 Å². The highest BCUT2D eigenvalue weighted by molar-refractivity contribution is 7.13. The van der Waals surface area contributed by atoms with Crippen LogP contribution in [-0.2, 0) is 6.42 Å². The number of aliphatic hydroxyl groups is 1. The number of nitrogens with zero attached hydrogens (tertiary/aromatic N) is 2. The van der Waals surface area contributed by atoms with Crippen molar-refractivity contribution in [2.75, 3.05) is 19.7 Å². The van der Waals surface area contributed by atoms with Crippen LogP contribution in [0.1, 0.15) is 46.4 Å². The molecule has 0 saturated carbocycles. The maximum Gasteiger partial charge on any atom is 0.265 e. The van der Waals surface area contributed by atoms with Crippen molar-refractivity contribution < 1.29 is 9.90 Å². The third-order valence-corrected chi connectivity index (χ3v) is 6.14. The van der Waals surface area contributed by atoms with E-state index in [2.05, 4.69) is 24.0 Å². The van der Waals surface area contributed by atoms with Crippen LogP contribution in [0, 0.1) is 5.41 Å². The van der Waals surface area contributed by atoms with Gasteiger partial charge in [0.15, 0.2) is 0 Å². The zero-order chi connectivity index (χ0) is 17.0. The Labute approximate surface area is 147 Å². The molecule has 1 aromatic carbocycles. The van der Waals surface area contributed by atoms with Gasteiger partial charge in [0.1, 0.15) is 4.88 Å². The van der Waals surface area contributed by atoms with Crippen molar-refractivity contribution in [2.24, 2.45) is 5.41 Å². The van der Waals surface area contributed by atoms with Gasteiger partial charge in [-0.25, -0.2) is 4.98 Å². The largest absolute Gasteiger partial charge is 0.396 e. The minimum atomic E-state index is 0.00293. The van der Waals surface area contributed by atoms with Gasteiger partial charge >= 0.3 is 0 Å². The highest BCUT2D eigenvalue weighted by Crippen LogP contribution is 2.34. The fourth-order valence-electron chi connectivity index (χ4n) is 3.22. The molecule has 24 heavy (non-hydrogen) atoms. The van der Waals surface area contributed by atoms with E-state index in [1.54, 1.807) is 6.20 Å². The topological polar surface area (TPSA) is 53.4 Å². The summed E-state index contributed by atoms with van der Waals surface area (Å²) in [6.45, 7) is 3.78. The van der Waals surface area contributed by atoms with E-state index in [0.717, 1.165) is 43.8 Å². The second-order valence-electron chi connectivity index (χ2n) is 6.58. The molecule has 0 bridgehead atoms. The van der Waals surface area contributed by atoms with E-state index in [9.17, 15) is 9.90 Å². The lowest BCUT2D eigenvalue weighted by Crippen LogP contribution is -2.44. The SMILES string of the molecule is CCC1(CO)CCN(C(=O)c2cnc(Cc3ccccc3)s2)CC1. The summed E-state index contributed by atoms with van der Waals surface area (Å²) in [7, 11) is 0. The van der Waals surface area contributed by atoms with Gasteiger partial charge < -0.3 is 10.0 Å². The summed E-state index contributed by atoms with van der Waals surface area (Å²) in [4.78, 5) is 19.7. The summed E-state index contributed by atoms with van der Waals surface area (Å²) in [5, 5.41) is 10.6. The Morgan fingerprint density at radius 2 is 2.00 bits per heavy atom. The van der Waals surface area contributed by atoms with Gasteiger partial charge in [0.05, 0.1) is 11.2 Å². The van der Waals surface area contributed by atoms with Crippen molar-refractivity contribution in [3.8, 4) is 0 Å². The van der Waals surface area contributed by atoms with Gasteiger partial charge in [-0.05, 0) is 30.2 Å². The summed E-state index contributed by atoms with van der Waals surface area (Å²) in [5.74, 6) is 0.0782. The Balaban J connectivity index is 1.62. The van der Waals surface area contributed by atoms with Crippen molar-refractivity contribution >= 4 is 17.2 Å². The number of aliphatic hydroxyl groups excluding tert-OH is 1. The number of carbonyl (C=O) groups excluding carboxylic acids is 1. The number of hydrogen-bond acceptors (Lipinski definition) is 4. The standard InChI is InChI=1S/C19H24N2O2S/c1-2-19(14-22)8-10-21(11-9-19)18(23)16-13-20-17(24-16)12-15-6-4-3-5-7-15/h3-7,13,22H,2,8-12,14H2,1H3. The molecule has 0 aliphatic carbocycles. The Kier molecular flexibility index (Phi) is 5.31. The number of thiazole rings is 1. The molecule has 1 aliphatic heterocycles.